The fraction of sp³-hybridized carbons (Fsp3) is 0.316. The van der Waals surface area contributed by atoms with E-state index in [2.05, 4.69) is 12.2 Å². The topological polar surface area (TPSA) is 47.6 Å². The van der Waals surface area contributed by atoms with Crippen LogP contribution in [0.15, 0.2) is 48.5 Å². The Morgan fingerprint density at radius 1 is 1.04 bits per heavy atom. The Morgan fingerprint density at radius 2 is 1.78 bits per heavy atom. The fourth-order valence-corrected chi connectivity index (χ4v) is 2.09. The molecule has 1 amide bonds. The van der Waals surface area contributed by atoms with E-state index in [0.29, 0.717) is 18.9 Å². The second kappa shape index (κ2) is 8.83. The van der Waals surface area contributed by atoms with Crippen molar-refractivity contribution in [2.75, 3.05) is 19.8 Å². The molecule has 2 rings (SSSR count). The molecule has 0 unspecified atom stereocenters. The summed E-state index contributed by atoms with van der Waals surface area (Å²) >= 11 is 0. The van der Waals surface area contributed by atoms with Crippen molar-refractivity contribution in [2.45, 2.75) is 20.3 Å². The summed E-state index contributed by atoms with van der Waals surface area (Å²) in [7, 11) is 0. The Morgan fingerprint density at radius 3 is 2.48 bits per heavy atom. The third-order valence-electron chi connectivity index (χ3n) is 3.48. The van der Waals surface area contributed by atoms with Gasteiger partial charge in [-0.3, -0.25) is 4.79 Å². The zero-order valence-electron chi connectivity index (χ0n) is 13.7. The minimum atomic E-state index is -0.155. The van der Waals surface area contributed by atoms with Gasteiger partial charge in [-0.05, 0) is 42.7 Å². The molecule has 0 fully saturated rings. The van der Waals surface area contributed by atoms with Crippen LogP contribution in [0.2, 0.25) is 0 Å². The number of amides is 1. The highest BCUT2D eigenvalue weighted by Gasteiger charge is 2.03. The number of carbonyl (C=O) groups excluding carboxylic acids is 1. The SMILES string of the molecule is CCc1ccc(OCC(=O)NCCOc2ccccc2C)cc1. The number of carbonyl (C=O) groups is 1. The highest BCUT2D eigenvalue weighted by molar-refractivity contribution is 5.77. The van der Waals surface area contributed by atoms with E-state index in [1.54, 1.807) is 0 Å². The minimum Gasteiger partial charge on any atom is -0.491 e. The number of rotatable bonds is 8. The van der Waals surface area contributed by atoms with Gasteiger partial charge in [-0.2, -0.15) is 0 Å². The molecule has 0 saturated heterocycles. The zero-order chi connectivity index (χ0) is 16.5. The molecular weight excluding hydrogens is 290 g/mol. The molecule has 122 valence electrons. The van der Waals surface area contributed by atoms with Gasteiger partial charge in [0.05, 0.1) is 6.54 Å². The summed E-state index contributed by atoms with van der Waals surface area (Å²) < 4.78 is 11.1. The van der Waals surface area contributed by atoms with E-state index in [9.17, 15) is 4.79 Å². The van der Waals surface area contributed by atoms with Crippen molar-refractivity contribution in [1.82, 2.24) is 5.32 Å². The number of ether oxygens (including phenoxy) is 2. The van der Waals surface area contributed by atoms with Gasteiger partial charge < -0.3 is 14.8 Å². The summed E-state index contributed by atoms with van der Waals surface area (Å²) in [6.45, 7) is 4.98. The first kappa shape index (κ1) is 16.9. The van der Waals surface area contributed by atoms with Crippen LogP contribution >= 0.6 is 0 Å². The second-order valence-corrected chi connectivity index (χ2v) is 5.25. The lowest BCUT2D eigenvalue weighted by atomic mass is 10.2. The summed E-state index contributed by atoms with van der Waals surface area (Å²) in [6.07, 6.45) is 0.988. The number of nitrogens with one attached hydrogen (secondary N) is 1. The largest absolute Gasteiger partial charge is 0.491 e. The van der Waals surface area contributed by atoms with E-state index >= 15 is 0 Å². The average molecular weight is 313 g/mol. The van der Waals surface area contributed by atoms with Crippen molar-refractivity contribution in [3.8, 4) is 11.5 Å². The van der Waals surface area contributed by atoms with E-state index in [0.717, 1.165) is 17.7 Å². The standard InChI is InChI=1S/C19H23NO3/c1-3-16-8-10-17(11-9-16)23-14-19(21)20-12-13-22-18-7-5-4-6-15(18)2/h4-11H,3,12-14H2,1-2H3,(H,20,21). The molecule has 0 heterocycles. The van der Waals surface area contributed by atoms with Crippen molar-refractivity contribution in [3.05, 3.63) is 59.7 Å². The third kappa shape index (κ3) is 5.66. The lowest BCUT2D eigenvalue weighted by Gasteiger charge is -2.10. The van der Waals surface area contributed by atoms with Gasteiger partial charge in [0.2, 0.25) is 0 Å². The fourth-order valence-electron chi connectivity index (χ4n) is 2.09. The molecule has 0 aliphatic rings. The first-order valence-corrected chi connectivity index (χ1v) is 7.86. The number of para-hydroxylation sites is 1. The van der Waals surface area contributed by atoms with Crippen molar-refractivity contribution in [2.24, 2.45) is 0 Å². The molecule has 1 N–H and O–H groups in total. The summed E-state index contributed by atoms with van der Waals surface area (Å²) in [6, 6.07) is 15.6. The molecule has 0 saturated carbocycles. The van der Waals surface area contributed by atoms with E-state index in [1.807, 2.05) is 55.5 Å². The quantitative estimate of drug-likeness (QED) is 0.762. The van der Waals surface area contributed by atoms with Crippen LogP contribution in [-0.4, -0.2) is 25.7 Å². The van der Waals surface area contributed by atoms with Gasteiger partial charge in [0.15, 0.2) is 6.61 Å². The molecule has 0 bridgehead atoms. The maximum atomic E-state index is 11.7. The summed E-state index contributed by atoms with van der Waals surface area (Å²) in [5.74, 6) is 1.39. The number of hydrogen-bond donors (Lipinski definition) is 1. The van der Waals surface area contributed by atoms with Crippen LogP contribution in [0.5, 0.6) is 11.5 Å². The van der Waals surface area contributed by atoms with Crippen LogP contribution in [0.1, 0.15) is 18.1 Å². The van der Waals surface area contributed by atoms with E-state index < -0.39 is 0 Å². The van der Waals surface area contributed by atoms with Gasteiger partial charge in [0.25, 0.3) is 5.91 Å². The second-order valence-electron chi connectivity index (χ2n) is 5.25. The van der Waals surface area contributed by atoms with Crippen LogP contribution < -0.4 is 14.8 Å². The number of hydrogen-bond acceptors (Lipinski definition) is 3. The summed E-state index contributed by atoms with van der Waals surface area (Å²) in [5.41, 5.74) is 2.33. The molecule has 23 heavy (non-hydrogen) atoms. The normalized spacial score (nSPS) is 10.2. The predicted molar refractivity (Wildman–Crippen MR) is 91.0 cm³/mol. The summed E-state index contributed by atoms with van der Waals surface area (Å²) in [4.78, 5) is 11.7. The van der Waals surface area contributed by atoms with Crippen molar-refractivity contribution in [3.63, 3.8) is 0 Å². The molecule has 0 aromatic heterocycles. The Bertz CT molecular complexity index is 623. The first-order chi connectivity index (χ1) is 11.2. The Balaban J connectivity index is 1.64. The Kier molecular flexibility index (Phi) is 6.48. The van der Waals surface area contributed by atoms with Crippen molar-refractivity contribution < 1.29 is 14.3 Å². The minimum absolute atomic E-state index is 0.00976. The van der Waals surface area contributed by atoms with E-state index in [4.69, 9.17) is 9.47 Å². The highest BCUT2D eigenvalue weighted by atomic mass is 16.5. The van der Waals surface area contributed by atoms with Gasteiger partial charge in [-0.15, -0.1) is 0 Å². The summed E-state index contributed by atoms with van der Waals surface area (Å²) in [5, 5.41) is 2.78. The molecule has 0 atom stereocenters. The average Bonchev–Trinajstić information content (AvgIpc) is 2.59. The maximum absolute atomic E-state index is 11.7. The molecule has 0 spiro atoms. The molecule has 4 heteroatoms. The number of benzene rings is 2. The van der Waals surface area contributed by atoms with E-state index in [1.165, 1.54) is 5.56 Å². The lowest BCUT2D eigenvalue weighted by Crippen LogP contribution is -2.32. The highest BCUT2D eigenvalue weighted by Crippen LogP contribution is 2.15. The van der Waals surface area contributed by atoms with Gasteiger partial charge in [-0.25, -0.2) is 0 Å². The van der Waals surface area contributed by atoms with Crippen LogP contribution in [0.4, 0.5) is 0 Å². The number of aryl methyl sites for hydroxylation is 2. The van der Waals surface area contributed by atoms with Crippen LogP contribution in [0.25, 0.3) is 0 Å². The van der Waals surface area contributed by atoms with Gasteiger partial charge in [-0.1, -0.05) is 37.3 Å². The molecule has 0 radical (unpaired) electrons. The van der Waals surface area contributed by atoms with Gasteiger partial charge >= 0.3 is 0 Å². The maximum Gasteiger partial charge on any atom is 0.258 e. The van der Waals surface area contributed by atoms with Crippen molar-refractivity contribution >= 4 is 5.91 Å². The third-order valence-corrected chi connectivity index (χ3v) is 3.48. The molecule has 0 aliphatic heterocycles. The molecule has 2 aromatic carbocycles. The smallest absolute Gasteiger partial charge is 0.258 e. The molecule has 2 aromatic rings. The Labute approximate surface area is 137 Å². The van der Waals surface area contributed by atoms with Crippen molar-refractivity contribution in [1.29, 1.82) is 0 Å². The zero-order valence-corrected chi connectivity index (χ0v) is 13.7. The van der Waals surface area contributed by atoms with Gasteiger partial charge in [0, 0.05) is 0 Å². The Hall–Kier alpha value is -2.49. The molecular formula is C19H23NO3. The van der Waals surface area contributed by atoms with Crippen LogP contribution in [0.3, 0.4) is 0 Å². The van der Waals surface area contributed by atoms with Crippen LogP contribution in [0, 0.1) is 6.92 Å². The van der Waals surface area contributed by atoms with Crippen LogP contribution in [-0.2, 0) is 11.2 Å². The lowest BCUT2D eigenvalue weighted by molar-refractivity contribution is -0.123. The molecule has 4 nitrogen and oxygen atoms in total. The van der Waals surface area contributed by atoms with E-state index in [-0.39, 0.29) is 12.5 Å². The monoisotopic (exact) mass is 313 g/mol. The molecule has 0 aliphatic carbocycles. The van der Waals surface area contributed by atoms with Gasteiger partial charge in [0.1, 0.15) is 18.1 Å². The predicted octanol–water partition coefficient (Wildman–Crippen LogP) is 3.13. The first-order valence-electron chi connectivity index (χ1n) is 7.86.